The highest BCUT2D eigenvalue weighted by molar-refractivity contribution is 6.12. The molecular weight excluding hydrogens is 1100 g/mol. The van der Waals surface area contributed by atoms with Crippen molar-refractivity contribution < 1.29 is 61.0 Å². The molecule has 2 aliphatic rings. The van der Waals surface area contributed by atoms with Gasteiger partial charge < -0.3 is 46.3 Å². The molecule has 21 nitrogen and oxygen atoms in total. The highest BCUT2D eigenvalue weighted by atomic mass is 19.1. The lowest BCUT2D eigenvalue weighted by Gasteiger charge is -2.44. The first kappa shape index (κ1) is 66.0. The van der Waals surface area contributed by atoms with E-state index < -0.39 is 71.8 Å². The number of ketones is 1. The first-order chi connectivity index (χ1) is 40.4. The van der Waals surface area contributed by atoms with E-state index >= 15 is 9.18 Å². The van der Waals surface area contributed by atoms with Gasteiger partial charge in [0.05, 0.1) is 36.9 Å². The maximum absolute atomic E-state index is 15.0. The van der Waals surface area contributed by atoms with Gasteiger partial charge in [-0.25, -0.2) is 37.2 Å². The minimum Gasteiger partial charge on any atom is -0.445 e. The highest BCUT2D eigenvalue weighted by Crippen LogP contribution is 2.40. The van der Waals surface area contributed by atoms with E-state index in [0.29, 0.717) is 42.8 Å². The quantitative estimate of drug-likeness (QED) is 0.0255. The molecule has 1 fully saturated rings. The number of morpholine rings is 1. The molecular formula is C61H80F3N11O10. The number of nitrogens with two attached hydrogens (primary N) is 1. The molecule has 6 atom stereocenters. The molecule has 6 rings (SSSR count). The van der Waals surface area contributed by atoms with E-state index in [9.17, 15) is 42.3 Å². The lowest BCUT2D eigenvalue weighted by Crippen LogP contribution is -2.55. The van der Waals surface area contributed by atoms with Crippen molar-refractivity contribution in [2.75, 3.05) is 44.7 Å². The largest absolute Gasteiger partial charge is 0.445 e. The molecule has 0 saturated carbocycles. The van der Waals surface area contributed by atoms with Crippen LogP contribution in [-0.4, -0.2) is 141 Å². The van der Waals surface area contributed by atoms with Crippen LogP contribution in [-0.2, 0) is 46.6 Å². The van der Waals surface area contributed by atoms with Crippen molar-refractivity contribution in [2.45, 2.75) is 143 Å². The Morgan fingerprint density at radius 3 is 2.12 bits per heavy atom. The zero-order valence-corrected chi connectivity index (χ0v) is 49.4. The van der Waals surface area contributed by atoms with Crippen molar-refractivity contribution in [1.82, 2.24) is 45.4 Å². The van der Waals surface area contributed by atoms with Crippen LogP contribution in [0.1, 0.15) is 123 Å². The van der Waals surface area contributed by atoms with Gasteiger partial charge in [-0.1, -0.05) is 83.5 Å². The number of alkyl carbamates (subject to hydrolysis) is 1. The van der Waals surface area contributed by atoms with Crippen LogP contribution < -0.4 is 27.0 Å². The van der Waals surface area contributed by atoms with Gasteiger partial charge in [0.1, 0.15) is 24.9 Å². The standard InChI is InChI=1S/C61H80F3N11O10/c1-38(2)53(69-50(77)18-12-9-13-27-73-51(78)23-24-52(73)79)49(76)31-43(17-14-26-66-58(65)81)57(80)67-47-21-19-42(20-22-47)37-84-59(82)68-48(33-62)25-28-74(60(83)72-34-39(3)85-40(4)35-72)54(61(5,6)7)56-70-55(44-29-45(63)32-46(64)30-44)71-75(56)36-41-15-10-8-11-16-41/h8,10-11,15-16,19-24,29-30,32,38-40,43,48,53-54H,9,12-14,17-18,25-28,31,33-37H2,1-7H3,(H,67,80)(H,68,82)(H,69,77)(H3,65,66,81)/t39-,40+,43-,48+,53+,54+/m1/s1. The predicted octanol–water partition coefficient (Wildman–Crippen LogP) is 8.13. The minimum absolute atomic E-state index is 0.0281. The molecule has 1 saturated heterocycles. The van der Waals surface area contributed by atoms with Gasteiger partial charge in [-0.05, 0) is 92.7 Å². The van der Waals surface area contributed by atoms with Crippen LogP contribution in [0.4, 0.5) is 33.2 Å². The van der Waals surface area contributed by atoms with Gasteiger partial charge >= 0.3 is 18.2 Å². The normalized spacial score (nSPS) is 16.6. The number of hydrogen-bond donors (Lipinski definition) is 5. The van der Waals surface area contributed by atoms with Gasteiger partial charge in [-0.3, -0.25) is 28.9 Å². The number of carbonyl (C=O) groups is 8. The molecule has 460 valence electrons. The van der Waals surface area contributed by atoms with E-state index in [2.05, 4.69) is 21.3 Å². The Bertz CT molecular complexity index is 2940. The molecule has 6 N–H and O–H groups in total. The molecule has 1 aromatic heterocycles. The smallest absolute Gasteiger partial charge is 0.407 e. The number of primary amides is 1. The molecule has 85 heavy (non-hydrogen) atoms. The fraction of sp³-hybridized carbons (Fsp3) is 0.508. The predicted molar refractivity (Wildman–Crippen MR) is 311 cm³/mol. The van der Waals surface area contributed by atoms with Crippen molar-refractivity contribution in [1.29, 1.82) is 0 Å². The highest BCUT2D eigenvalue weighted by Gasteiger charge is 2.42. The first-order valence-corrected chi connectivity index (χ1v) is 28.8. The summed E-state index contributed by atoms with van der Waals surface area (Å²) in [5.74, 6) is -4.44. The zero-order valence-electron chi connectivity index (χ0n) is 49.4. The van der Waals surface area contributed by atoms with Gasteiger partial charge in [0.25, 0.3) is 11.8 Å². The Morgan fingerprint density at radius 1 is 0.847 bits per heavy atom. The van der Waals surface area contributed by atoms with E-state index in [1.807, 2.05) is 65.0 Å². The Labute approximate surface area is 494 Å². The maximum Gasteiger partial charge on any atom is 0.407 e. The van der Waals surface area contributed by atoms with Crippen molar-refractivity contribution in [3.8, 4) is 11.4 Å². The summed E-state index contributed by atoms with van der Waals surface area (Å²) in [5, 5.41) is 15.5. The molecule has 0 unspecified atom stereocenters. The van der Waals surface area contributed by atoms with E-state index in [4.69, 9.17) is 25.3 Å². The molecule has 9 amide bonds. The number of nitrogens with one attached hydrogen (secondary N) is 4. The second kappa shape index (κ2) is 31.1. The summed E-state index contributed by atoms with van der Waals surface area (Å²) >= 11 is 0. The number of aromatic nitrogens is 3. The molecule has 2 aliphatic heterocycles. The third-order valence-corrected chi connectivity index (χ3v) is 14.5. The topological polar surface area (TPSA) is 270 Å². The van der Waals surface area contributed by atoms with Gasteiger partial charge in [0.15, 0.2) is 17.4 Å². The SMILES string of the molecule is CC(C)[C@H](NC(=O)CCCCCN1C(=O)C=CC1=O)C(=O)C[C@@H](CCCNC(N)=O)C(=O)Nc1ccc(COC(=O)N[C@H](CF)CCN(C(=O)N2C[C@@H](C)O[C@@H](C)C2)[C@@H](c2nc(-c3cc(F)cc(F)c3)nn2Cc2ccccc2)C(C)(C)C)cc1. The summed E-state index contributed by atoms with van der Waals surface area (Å²) in [7, 11) is 0. The Morgan fingerprint density at radius 2 is 1.51 bits per heavy atom. The van der Waals surface area contributed by atoms with Crippen LogP contribution >= 0.6 is 0 Å². The summed E-state index contributed by atoms with van der Waals surface area (Å²) < 4.78 is 57.4. The summed E-state index contributed by atoms with van der Waals surface area (Å²) in [6.45, 7) is 12.7. The number of carbonyl (C=O) groups excluding carboxylic acids is 8. The summed E-state index contributed by atoms with van der Waals surface area (Å²) in [4.78, 5) is 113. The van der Waals surface area contributed by atoms with Gasteiger partial charge in [-0.2, -0.15) is 5.10 Å². The van der Waals surface area contributed by atoms with Crippen molar-refractivity contribution >= 4 is 53.3 Å². The molecule has 24 heteroatoms. The number of imide groups is 1. The molecule has 0 spiro atoms. The van der Waals surface area contributed by atoms with Crippen LogP contribution in [0.5, 0.6) is 0 Å². The van der Waals surface area contributed by atoms with Gasteiger partial charge in [0, 0.05) is 81.0 Å². The molecule has 3 heterocycles. The number of urea groups is 2. The lowest BCUT2D eigenvalue weighted by atomic mass is 9.84. The number of amides is 9. The Balaban J connectivity index is 1.10. The van der Waals surface area contributed by atoms with E-state index in [0.717, 1.165) is 28.7 Å². The van der Waals surface area contributed by atoms with Crippen LogP contribution in [0.15, 0.2) is 84.9 Å². The molecule has 4 aromatic rings. The number of rotatable bonds is 29. The molecule has 3 aromatic carbocycles. The minimum atomic E-state index is -1.13. The van der Waals surface area contributed by atoms with Crippen LogP contribution in [0.3, 0.4) is 0 Å². The third-order valence-electron chi connectivity index (χ3n) is 14.5. The Kier molecular flexibility index (Phi) is 24.2. The van der Waals surface area contributed by atoms with Crippen LogP contribution in [0, 0.1) is 28.9 Å². The average molecular weight is 1180 g/mol. The van der Waals surface area contributed by atoms with Crippen LogP contribution in [0.2, 0.25) is 0 Å². The second-order valence-corrected chi connectivity index (χ2v) is 23.1. The zero-order chi connectivity index (χ0) is 62.0. The number of benzene rings is 3. The molecule has 0 bridgehead atoms. The fourth-order valence-corrected chi connectivity index (χ4v) is 10.4. The fourth-order valence-electron chi connectivity index (χ4n) is 10.4. The number of nitrogens with zero attached hydrogens (tertiary/aromatic N) is 6. The van der Waals surface area contributed by atoms with Crippen molar-refractivity contribution in [3.05, 3.63) is 114 Å². The van der Waals surface area contributed by atoms with Gasteiger partial charge in [0.2, 0.25) is 11.8 Å². The first-order valence-electron chi connectivity index (χ1n) is 28.8. The summed E-state index contributed by atoms with van der Waals surface area (Å²) in [6, 6.07) is 14.7. The number of anilines is 1. The number of unbranched alkanes of at least 4 members (excludes halogenated alkanes) is 2. The van der Waals surface area contributed by atoms with E-state index in [-0.39, 0.29) is 125 Å². The Hall–Kier alpha value is -8.15. The van der Waals surface area contributed by atoms with Crippen LogP contribution in [0.25, 0.3) is 11.4 Å². The lowest BCUT2D eigenvalue weighted by molar-refractivity contribution is -0.137. The number of Topliss-reactive ketones (excluding diaryl/α,β-unsaturated/α-hetero) is 1. The second-order valence-electron chi connectivity index (χ2n) is 23.1. The number of alkyl halides is 1. The summed E-state index contributed by atoms with van der Waals surface area (Å²) in [6.07, 6.45) is 2.74. The average Bonchev–Trinajstić information content (AvgIpc) is 2.87. The van der Waals surface area contributed by atoms with Crippen molar-refractivity contribution in [3.63, 3.8) is 0 Å². The monoisotopic (exact) mass is 1180 g/mol. The maximum atomic E-state index is 15.0. The molecule has 0 aliphatic carbocycles. The van der Waals surface area contributed by atoms with Gasteiger partial charge in [-0.15, -0.1) is 0 Å². The number of halogens is 3. The van der Waals surface area contributed by atoms with E-state index in [1.165, 1.54) is 12.2 Å². The number of hydrogen-bond acceptors (Lipinski definition) is 12. The third kappa shape index (κ3) is 20.0. The number of ether oxygens (including phenoxy) is 2. The van der Waals surface area contributed by atoms with Crippen molar-refractivity contribution in [2.24, 2.45) is 23.0 Å². The molecule has 0 radical (unpaired) electrons. The van der Waals surface area contributed by atoms with E-state index in [1.54, 1.807) is 52.6 Å². The summed E-state index contributed by atoms with van der Waals surface area (Å²) in [5.41, 5.74) is 6.25.